The second-order valence-electron chi connectivity index (χ2n) is 6.48. The van der Waals surface area contributed by atoms with E-state index in [2.05, 4.69) is 5.32 Å². The minimum Gasteiger partial charge on any atom is -0.399 e. The molecular weight excluding hydrogens is 407 g/mol. The van der Waals surface area contributed by atoms with Gasteiger partial charge in [0.05, 0.1) is 0 Å². The number of halogens is 7. The molecule has 0 heterocycles. The van der Waals surface area contributed by atoms with E-state index in [1.165, 1.54) is 18.2 Å². The molecule has 0 aliphatic carbocycles. The first-order chi connectivity index (χ1) is 13.1. The van der Waals surface area contributed by atoms with Crippen molar-refractivity contribution in [2.75, 3.05) is 16.8 Å². The Balaban J connectivity index is 2.50. The van der Waals surface area contributed by atoms with Gasteiger partial charge in [-0.2, -0.15) is 26.3 Å². The molecule has 0 aliphatic rings. The molecule has 2 rings (SSSR count). The zero-order chi connectivity index (χ0) is 22.4. The van der Waals surface area contributed by atoms with E-state index in [4.69, 9.17) is 11.5 Å². The maximum atomic E-state index is 14.3. The molecule has 0 radical (unpaired) electrons. The van der Waals surface area contributed by atoms with E-state index < -0.39 is 29.5 Å². The number of nitrogens with two attached hydrogens (primary N) is 2. The van der Waals surface area contributed by atoms with Gasteiger partial charge in [-0.05, 0) is 43.2 Å². The molecule has 2 aromatic rings. The van der Waals surface area contributed by atoms with Crippen molar-refractivity contribution in [3.63, 3.8) is 0 Å². The van der Waals surface area contributed by atoms with Gasteiger partial charge in [0.15, 0.2) is 0 Å². The molecule has 0 unspecified atom stereocenters. The quantitative estimate of drug-likeness (QED) is 0.480. The van der Waals surface area contributed by atoms with E-state index >= 15 is 0 Å². The van der Waals surface area contributed by atoms with Gasteiger partial charge >= 0.3 is 18.0 Å². The number of hydrogen-bond acceptors (Lipinski definition) is 3. The number of benzene rings is 2. The summed E-state index contributed by atoms with van der Waals surface area (Å²) in [5.74, 6) is -0.749. The second kappa shape index (κ2) is 7.12. The summed E-state index contributed by atoms with van der Waals surface area (Å²) < 4.78 is 92.1. The molecule has 0 saturated carbocycles. The average molecular weight is 423 g/mol. The highest BCUT2D eigenvalue weighted by Gasteiger charge is 2.73. The summed E-state index contributed by atoms with van der Waals surface area (Å²) in [6, 6.07) is 4.75. The number of hydrogen-bond donors (Lipinski definition) is 3. The summed E-state index contributed by atoms with van der Waals surface area (Å²) in [7, 11) is 0. The third kappa shape index (κ3) is 4.08. The molecule has 0 spiro atoms. The molecule has 5 N–H and O–H groups in total. The first kappa shape index (κ1) is 22.3. The Labute approximate surface area is 160 Å². The Hall–Kier alpha value is -2.98. The van der Waals surface area contributed by atoms with E-state index in [0.29, 0.717) is 12.1 Å². The van der Waals surface area contributed by atoms with Gasteiger partial charge in [-0.3, -0.25) is 4.79 Å². The molecule has 0 bridgehead atoms. The first-order valence-electron chi connectivity index (χ1n) is 7.99. The van der Waals surface area contributed by atoms with Crippen LogP contribution in [0.4, 0.5) is 47.8 Å². The Morgan fingerprint density at radius 1 is 0.793 bits per heavy atom. The number of anilines is 3. The average Bonchev–Trinajstić information content (AvgIpc) is 2.53. The third-order valence-electron chi connectivity index (χ3n) is 4.19. The van der Waals surface area contributed by atoms with Crippen molar-refractivity contribution in [2.24, 2.45) is 0 Å². The van der Waals surface area contributed by atoms with Crippen molar-refractivity contribution in [3.8, 4) is 0 Å². The summed E-state index contributed by atoms with van der Waals surface area (Å²) in [4.78, 5) is 12.4. The number of rotatable bonds is 3. The van der Waals surface area contributed by atoms with Crippen LogP contribution in [0.5, 0.6) is 0 Å². The van der Waals surface area contributed by atoms with Gasteiger partial charge in [-0.15, -0.1) is 0 Å². The fourth-order valence-corrected chi connectivity index (χ4v) is 2.84. The molecule has 2 aromatic carbocycles. The van der Waals surface area contributed by atoms with Crippen LogP contribution in [0.1, 0.15) is 27.0 Å². The summed E-state index contributed by atoms with van der Waals surface area (Å²) in [5.41, 5.74) is 3.92. The van der Waals surface area contributed by atoms with Crippen LogP contribution in [0.15, 0.2) is 30.3 Å². The number of carbonyl (C=O) groups excluding carboxylic acids is 1. The molecule has 0 saturated heterocycles. The highest BCUT2D eigenvalue weighted by atomic mass is 19.4. The van der Waals surface area contributed by atoms with Gasteiger partial charge in [0.25, 0.3) is 5.91 Å². The van der Waals surface area contributed by atoms with E-state index in [0.717, 1.165) is 13.8 Å². The number of amides is 1. The number of alkyl halides is 7. The number of nitrogens with one attached hydrogen (secondary N) is 1. The zero-order valence-electron chi connectivity index (χ0n) is 15.1. The molecule has 0 aliphatic heterocycles. The standard InChI is InChI=1S/C18H16F7N3O/c1-8-3-11(16(19,17(20,21)22)18(23,24)25)4-9(2)14(8)28-15(29)10-5-12(26)7-13(27)6-10/h3-7H,26-27H2,1-2H3,(H,28,29). The lowest BCUT2D eigenvalue weighted by atomic mass is 9.90. The molecule has 0 aromatic heterocycles. The number of nitrogen functional groups attached to an aromatic ring is 2. The van der Waals surface area contributed by atoms with E-state index in [1.54, 1.807) is 0 Å². The van der Waals surface area contributed by atoms with Crippen LogP contribution in [0.3, 0.4) is 0 Å². The number of aryl methyl sites for hydroxylation is 2. The Morgan fingerprint density at radius 2 is 1.21 bits per heavy atom. The summed E-state index contributed by atoms with van der Waals surface area (Å²) in [6.45, 7) is 2.29. The largest absolute Gasteiger partial charge is 0.435 e. The lowest BCUT2D eigenvalue weighted by Gasteiger charge is -2.31. The minimum atomic E-state index is -6.23. The predicted molar refractivity (Wildman–Crippen MR) is 94.0 cm³/mol. The highest BCUT2D eigenvalue weighted by molar-refractivity contribution is 6.06. The van der Waals surface area contributed by atoms with Crippen molar-refractivity contribution < 1.29 is 35.5 Å². The van der Waals surface area contributed by atoms with Crippen LogP contribution in [-0.4, -0.2) is 18.3 Å². The molecule has 158 valence electrons. The normalized spacial score (nSPS) is 12.7. The minimum absolute atomic E-state index is 0.0239. The Kier molecular flexibility index (Phi) is 5.48. The van der Waals surface area contributed by atoms with Gasteiger partial charge < -0.3 is 16.8 Å². The smallest absolute Gasteiger partial charge is 0.399 e. The van der Waals surface area contributed by atoms with Gasteiger partial charge in [-0.1, -0.05) is 12.1 Å². The van der Waals surface area contributed by atoms with E-state index in [9.17, 15) is 35.5 Å². The molecular formula is C18H16F7N3O. The van der Waals surface area contributed by atoms with Crippen LogP contribution in [0, 0.1) is 13.8 Å². The van der Waals surface area contributed by atoms with Gasteiger partial charge in [-0.25, -0.2) is 4.39 Å². The lowest BCUT2D eigenvalue weighted by Crippen LogP contribution is -2.50. The highest BCUT2D eigenvalue weighted by Crippen LogP contribution is 2.53. The lowest BCUT2D eigenvalue weighted by molar-refractivity contribution is -0.348. The van der Waals surface area contributed by atoms with E-state index in [-0.39, 0.29) is 33.8 Å². The van der Waals surface area contributed by atoms with Gasteiger partial charge in [0, 0.05) is 28.2 Å². The molecule has 29 heavy (non-hydrogen) atoms. The predicted octanol–water partition coefficient (Wildman–Crippen LogP) is 5.01. The summed E-state index contributed by atoms with van der Waals surface area (Å²) in [6.07, 6.45) is -12.5. The molecule has 4 nitrogen and oxygen atoms in total. The molecule has 0 fully saturated rings. The summed E-state index contributed by atoms with van der Waals surface area (Å²) in [5, 5.41) is 2.37. The van der Waals surface area contributed by atoms with Crippen LogP contribution in [0.2, 0.25) is 0 Å². The fraction of sp³-hybridized carbons (Fsp3) is 0.278. The zero-order valence-corrected chi connectivity index (χ0v) is 15.1. The van der Waals surface area contributed by atoms with Crippen molar-refractivity contribution >= 4 is 23.0 Å². The topological polar surface area (TPSA) is 81.1 Å². The van der Waals surface area contributed by atoms with Crippen LogP contribution in [-0.2, 0) is 5.67 Å². The molecule has 11 heteroatoms. The molecule has 0 atom stereocenters. The SMILES string of the molecule is Cc1cc(C(F)(C(F)(F)F)C(F)(F)F)cc(C)c1NC(=O)c1cc(N)cc(N)c1. The van der Waals surface area contributed by atoms with Crippen LogP contribution < -0.4 is 16.8 Å². The van der Waals surface area contributed by atoms with Crippen molar-refractivity contribution in [1.82, 2.24) is 0 Å². The van der Waals surface area contributed by atoms with Crippen molar-refractivity contribution in [1.29, 1.82) is 0 Å². The fourth-order valence-electron chi connectivity index (χ4n) is 2.84. The Morgan fingerprint density at radius 3 is 1.59 bits per heavy atom. The van der Waals surface area contributed by atoms with E-state index in [1.807, 2.05) is 0 Å². The number of carbonyl (C=O) groups is 1. The van der Waals surface area contributed by atoms with Gasteiger partial charge in [0.1, 0.15) is 0 Å². The second-order valence-corrected chi connectivity index (χ2v) is 6.48. The van der Waals surface area contributed by atoms with Crippen molar-refractivity contribution in [2.45, 2.75) is 31.9 Å². The monoisotopic (exact) mass is 423 g/mol. The third-order valence-corrected chi connectivity index (χ3v) is 4.19. The van der Waals surface area contributed by atoms with Crippen molar-refractivity contribution in [3.05, 3.63) is 52.6 Å². The maximum absolute atomic E-state index is 14.3. The maximum Gasteiger partial charge on any atom is 0.435 e. The molecule has 1 amide bonds. The Bertz CT molecular complexity index is 894. The first-order valence-corrected chi connectivity index (χ1v) is 7.99. The van der Waals surface area contributed by atoms with Crippen LogP contribution >= 0.6 is 0 Å². The van der Waals surface area contributed by atoms with Crippen LogP contribution in [0.25, 0.3) is 0 Å². The van der Waals surface area contributed by atoms with Gasteiger partial charge in [0.2, 0.25) is 0 Å². The summed E-state index contributed by atoms with van der Waals surface area (Å²) >= 11 is 0.